The lowest BCUT2D eigenvalue weighted by Gasteiger charge is -2.13. The normalized spacial score (nSPS) is 10.8. The molecule has 0 bridgehead atoms. The summed E-state index contributed by atoms with van der Waals surface area (Å²) >= 11 is 1.15. The first-order valence-corrected chi connectivity index (χ1v) is 11.3. The van der Waals surface area contributed by atoms with E-state index in [9.17, 15) is 4.79 Å². The maximum atomic E-state index is 11.1. The van der Waals surface area contributed by atoms with Crippen LogP contribution in [0.25, 0.3) is 17.1 Å². The number of carbonyl (C=O) groups is 1. The van der Waals surface area contributed by atoms with Gasteiger partial charge in [0.25, 0.3) is 0 Å². The zero-order chi connectivity index (χ0) is 21.2. The summed E-state index contributed by atoms with van der Waals surface area (Å²) in [6, 6.07) is 17.5. The zero-order valence-corrected chi connectivity index (χ0v) is 18.0. The van der Waals surface area contributed by atoms with Crippen LogP contribution in [0, 0.1) is 0 Å². The summed E-state index contributed by atoms with van der Waals surface area (Å²) in [6.45, 7) is 2.86. The van der Waals surface area contributed by atoms with Gasteiger partial charge in [-0.3, -0.25) is 9.36 Å². The van der Waals surface area contributed by atoms with Crippen molar-refractivity contribution in [3.63, 3.8) is 0 Å². The van der Waals surface area contributed by atoms with Gasteiger partial charge in [0.05, 0.1) is 17.9 Å². The third-order valence-corrected chi connectivity index (χ3v) is 5.52. The topological polar surface area (TPSA) is 77.2 Å². The summed E-state index contributed by atoms with van der Waals surface area (Å²) in [5.74, 6) is 0.417. The molecule has 3 rings (SSSR count). The van der Waals surface area contributed by atoms with Crippen LogP contribution in [0.2, 0.25) is 0 Å². The lowest BCUT2D eigenvalue weighted by Crippen LogP contribution is -2.04. The van der Waals surface area contributed by atoms with E-state index in [-0.39, 0.29) is 5.75 Å². The molecule has 0 fully saturated rings. The molecule has 7 heteroatoms. The molecular weight excluding hydrogens is 398 g/mol. The molecule has 0 aliphatic carbocycles. The molecule has 0 saturated heterocycles. The molecule has 0 unspecified atom stereocenters. The average Bonchev–Trinajstić information content (AvgIpc) is 3.19. The second-order valence-corrected chi connectivity index (χ2v) is 7.86. The van der Waals surface area contributed by atoms with E-state index in [1.165, 1.54) is 19.3 Å². The number of aromatic nitrogens is 3. The Morgan fingerprint density at radius 2 is 1.73 bits per heavy atom. The van der Waals surface area contributed by atoms with Gasteiger partial charge < -0.3 is 9.84 Å². The molecule has 0 aliphatic heterocycles. The van der Waals surface area contributed by atoms with Crippen molar-refractivity contribution in [1.82, 2.24) is 14.8 Å². The number of para-hydroxylation sites is 2. The van der Waals surface area contributed by atoms with Crippen molar-refractivity contribution in [2.45, 2.75) is 44.2 Å². The van der Waals surface area contributed by atoms with Crippen molar-refractivity contribution in [3.8, 4) is 22.8 Å². The van der Waals surface area contributed by atoms with E-state index < -0.39 is 5.97 Å². The van der Waals surface area contributed by atoms with Gasteiger partial charge in [-0.15, -0.1) is 10.2 Å². The third-order valence-electron chi connectivity index (χ3n) is 4.61. The van der Waals surface area contributed by atoms with Gasteiger partial charge in [-0.25, -0.2) is 0 Å². The van der Waals surface area contributed by atoms with E-state index >= 15 is 0 Å². The monoisotopic (exact) mass is 425 g/mol. The molecule has 0 spiro atoms. The van der Waals surface area contributed by atoms with Crippen LogP contribution in [0.5, 0.6) is 5.75 Å². The van der Waals surface area contributed by atoms with E-state index in [4.69, 9.17) is 9.84 Å². The first-order chi connectivity index (χ1) is 14.7. The number of hydrogen-bond donors (Lipinski definition) is 1. The van der Waals surface area contributed by atoms with E-state index in [2.05, 4.69) is 17.1 Å². The molecule has 1 N–H and O–H groups in total. The minimum absolute atomic E-state index is 0.0825. The molecule has 0 saturated carbocycles. The highest BCUT2D eigenvalue weighted by molar-refractivity contribution is 7.99. The zero-order valence-electron chi connectivity index (χ0n) is 17.2. The van der Waals surface area contributed by atoms with Gasteiger partial charge in [0, 0.05) is 5.69 Å². The quantitative estimate of drug-likeness (QED) is 0.307. The van der Waals surface area contributed by atoms with Gasteiger partial charge in [0.2, 0.25) is 0 Å². The molecule has 0 amide bonds. The summed E-state index contributed by atoms with van der Waals surface area (Å²) in [4.78, 5) is 11.1. The summed E-state index contributed by atoms with van der Waals surface area (Å²) in [6.07, 6.45) is 5.88. The lowest BCUT2D eigenvalue weighted by molar-refractivity contribution is -0.133. The fourth-order valence-corrected chi connectivity index (χ4v) is 3.81. The second-order valence-electron chi connectivity index (χ2n) is 6.92. The minimum Gasteiger partial charge on any atom is -0.493 e. The second kappa shape index (κ2) is 11.4. The van der Waals surface area contributed by atoms with Crippen molar-refractivity contribution >= 4 is 17.7 Å². The third kappa shape index (κ3) is 5.86. The molecule has 30 heavy (non-hydrogen) atoms. The van der Waals surface area contributed by atoms with Gasteiger partial charge in [-0.05, 0) is 30.7 Å². The molecule has 1 heterocycles. The van der Waals surface area contributed by atoms with Crippen molar-refractivity contribution in [1.29, 1.82) is 0 Å². The maximum absolute atomic E-state index is 11.1. The van der Waals surface area contributed by atoms with E-state index in [1.54, 1.807) is 0 Å². The Labute approximate surface area is 181 Å². The Kier molecular flexibility index (Phi) is 8.32. The van der Waals surface area contributed by atoms with Gasteiger partial charge in [0.1, 0.15) is 5.75 Å². The minimum atomic E-state index is -0.893. The summed E-state index contributed by atoms with van der Waals surface area (Å²) in [5, 5.41) is 18.3. The van der Waals surface area contributed by atoms with Gasteiger partial charge in [-0.1, -0.05) is 74.7 Å². The fraction of sp³-hybridized carbons (Fsp3) is 0.348. The summed E-state index contributed by atoms with van der Waals surface area (Å²) in [7, 11) is 0. The highest BCUT2D eigenvalue weighted by atomic mass is 32.2. The highest BCUT2D eigenvalue weighted by Gasteiger charge is 2.19. The lowest BCUT2D eigenvalue weighted by atomic mass is 10.1. The highest BCUT2D eigenvalue weighted by Crippen LogP contribution is 2.33. The number of carboxylic acid groups (broad SMARTS) is 1. The molecule has 158 valence electrons. The van der Waals surface area contributed by atoms with Crippen LogP contribution in [0.15, 0.2) is 59.8 Å². The van der Waals surface area contributed by atoms with Gasteiger partial charge >= 0.3 is 5.97 Å². The van der Waals surface area contributed by atoms with E-state index in [0.717, 1.165) is 41.6 Å². The number of nitrogens with zero attached hydrogens (tertiary/aromatic N) is 3. The Balaban J connectivity index is 1.87. The number of benzene rings is 2. The predicted octanol–water partition coefficient (Wildman–Crippen LogP) is 5.46. The number of hydrogen-bond acceptors (Lipinski definition) is 5. The smallest absolute Gasteiger partial charge is 0.313 e. The van der Waals surface area contributed by atoms with Crippen molar-refractivity contribution in [2.75, 3.05) is 12.4 Å². The van der Waals surface area contributed by atoms with Crippen molar-refractivity contribution in [3.05, 3.63) is 54.6 Å². The van der Waals surface area contributed by atoms with Crippen LogP contribution in [0.1, 0.15) is 39.0 Å². The first-order valence-electron chi connectivity index (χ1n) is 10.3. The Morgan fingerprint density at radius 3 is 2.50 bits per heavy atom. The fourth-order valence-electron chi connectivity index (χ4n) is 3.14. The SMILES string of the molecule is CCCCCCCOc1ccccc1-c1nnc(SCC(=O)O)n1-c1ccccc1. The van der Waals surface area contributed by atoms with Crippen LogP contribution in [0.4, 0.5) is 0 Å². The number of rotatable bonds is 12. The molecule has 0 radical (unpaired) electrons. The first kappa shape index (κ1) is 21.9. The molecule has 6 nitrogen and oxygen atoms in total. The van der Waals surface area contributed by atoms with Crippen LogP contribution < -0.4 is 4.74 Å². The number of aliphatic carboxylic acids is 1. The molecule has 3 aromatic rings. The molecule has 2 aromatic carbocycles. The maximum Gasteiger partial charge on any atom is 0.313 e. The van der Waals surface area contributed by atoms with Crippen LogP contribution in [-0.4, -0.2) is 38.2 Å². The Bertz CT molecular complexity index is 944. The summed E-state index contributed by atoms with van der Waals surface area (Å²) < 4.78 is 7.97. The number of carboxylic acids is 1. The van der Waals surface area contributed by atoms with E-state index in [0.29, 0.717) is 17.6 Å². The largest absolute Gasteiger partial charge is 0.493 e. The molecule has 0 atom stereocenters. The number of thioether (sulfide) groups is 1. The average molecular weight is 426 g/mol. The van der Waals surface area contributed by atoms with Crippen LogP contribution in [-0.2, 0) is 4.79 Å². The van der Waals surface area contributed by atoms with Gasteiger partial charge in [-0.2, -0.15) is 0 Å². The van der Waals surface area contributed by atoms with Crippen LogP contribution in [0.3, 0.4) is 0 Å². The standard InChI is InChI=1S/C23H27N3O3S/c1-2-3-4-5-11-16-29-20-15-10-9-14-19(20)22-24-25-23(30-17-21(27)28)26(22)18-12-7-6-8-13-18/h6-10,12-15H,2-5,11,16-17H2,1H3,(H,27,28). The van der Waals surface area contributed by atoms with Crippen LogP contribution >= 0.6 is 11.8 Å². The van der Waals surface area contributed by atoms with Gasteiger partial charge in [0.15, 0.2) is 11.0 Å². The molecule has 1 aromatic heterocycles. The molecular formula is C23H27N3O3S. The number of unbranched alkanes of at least 4 members (excludes halogenated alkanes) is 4. The Morgan fingerprint density at radius 1 is 1.00 bits per heavy atom. The molecule has 0 aliphatic rings. The van der Waals surface area contributed by atoms with Crippen molar-refractivity contribution < 1.29 is 14.6 Å². The van der Waals surface area contributed by atoms with E-state index in [1.807, 2.05) is 59.2 Å². The summed E-state index contributed by atoms with van der Waals surface area (Å²) in [5.41, 5.74) is 1.71. The predicted molar refractivity (Wildman–Crippen MR) is 119 cm³/mol. The number of ether oxygens (including phenoxy) is 1. The van der Waals surface area contributed by atoms with Crippen molar-refractivity contribution in [2.24, 2.45) is 0 Å². The Hall–Kier alpha value is -2.80.